The Morgan fingerprint density at radius 3 is 2.50 bits per heavy atom. The number of aliphatic hydroxyl groups is 1. The summed E-state index contributed by atoms with van der Waals surface area (Å²) in [6.45, 7) is 1.94. The van der Waals surface area contributed by atoms with Crippen LogP contribution in [0, 0.1) is 0 Å². The van der Waals surface area contributed by atoms with E-state index < -0.39 is 0 Å². The molecule has 2 N–H and O–H groups in total. The van der Waals surface area contributed by atoms with Crippen molar-refractivity contribution in [2.45, 2.75) is 19.6 Å². The molecule has 0 aliphatic carbocycles. The van der Waals surface area contributed by atoms with Crippen LogP contribution in [0.1, 0.15) is 23.7 Å². The molecule has 0 aliphatic heterocycles. The SMILES string of the molecule is CC(CO)NC(=O)/C(=C/c1ccc(Cl)cc1)c1ccc(OCc2ccc3ccccc3n2)cc1. The second kappa shape index (κ2) is 11.0. The lowest BCUT2D eigenvalue weighted by Crippen LogP contribution is -2.35. The summed E-state index contributed by atoms with van der Waals surface area (Å²) in [6, 6.07) is 26.2. The summed E-state index contributed by atoms with van der Waals surface area (Å²) in [5.41, 5.74) is 3.82. The summed E-state index contributed by atoms with van der Waals surface area (Å²) in [7, 11) is 0. The molecule has 4 rings (SSSR count). The topological polar surface area (TPSA) is 71.5 Å². The van der Waals surface area contributed by atoms with Crippen molar-refractivity contribution in [2.24, 2.45) is 0 Å². The fourth-order valence-corrected chi connectivity index (χ4v) is 3.56. The van der Waals surface area contributed by atoms with Crippen LogP contribution in [-0.2, 0) is 11.4 Å². The minimum Gasteiger partial charge on any atom is -0.487 e. The third-order valence-corrected chi connectivity index (χ3v) is 5.54. The van der Waals surface area contributed by atoms with Crippen molar-refractivity contribution < 1.29 is 14.6 Å². The Bertz CT molecular complexity index is 1300. The Balaban J connectivity index is 1.52. The highest BCUT2D eigenvalue weighted by molar-refractivity contribution is 6.30. The number of benzene rings is 3. The molecule has 5 nitrogen and oxygen atoms in total. The number of carbonyl (C=O) groups is 1. The van der Waals surface area contributed by atoms with Gasteiger partial charge >= 0.3 is 0 Å². The van der Waals surface area contributed by atoms with Gasteiger partial charge in [-0.3, -0.25) is 4.79 Å². The van der Waals surface area contributed by atoms with Crippen molar-refractivity contribution in [3.05, 3.63) is 107 Å². The molecule has 0 fully saturated rings. The number of aromatic nitrogens is 1. The van der Waals surface area contributed by atoms with E-state index in [1.165, 1.54) is 0 Å². The summed E-state index contributed by atoms with van der Waals surface area (Å²) >= 11 is 5.99. The maximum atomic E-state index is 12.9. The van der Waals surface area contributed by atoms with Crippen LogP contribution in [0.2, 0.25) is 5.02 Å². The van der Waals surface area contributed by atoms with Gasteiger partial charge in [-0.1, -0.05) is 60.1 Å². The van der Waals surface area contributed by atoms with Crippen molar-refractivity contribution in [2.75, 3.05) is 6.61 Å². The van der Waals surface area contributed by atoms with Gasteiger partial charge in [-0.2, -0.15) is 0 Å². The molecule has 1 atom stereocenters. The molecule has 0 bridgehead atoms. The molecule has 1 unspecified atom stereocenters. The number of rotatable bonds is 8. The number of hydrogen-bond acceptors (Lipinski definition) is 4. The predicted octanol–water partition coefficient (Wildman–Crippen LogP) is 5.50. The molecular formula is C28H25ClN2O3. The highest BCUT2D eigenvalue weighted by Gasteiger charge is 2.15. The maximum Gasteiger partial charge on any atom is 0.252 e. The molecule has 6 heteroatoms. The van der Waals surface area contributed by atoms with Gasteiger partial charge in [-0.05, 0) is 60.5 Å². The van der Waals surface area contributed by atoms with Gasteiger partial charge in [0, 0.05) is 22.0 Å². The number of fused-ring (bicyclic) bond motifs is 1. The Hall–Kier alpha value is -3.67. The zero-order chi connectivity index (χ0) is 23.9. The largest absolute Gasteiger partial charge is 0.487 e. The van der Waals surface area contributed by atoms with Crippen LogP contribution < -0.4 is 10.1 Å². The van der Waals surface area contributed by atoms with Crippen molar-refractivity contribution >= 4 is 40.1 Å². The Morgan fingerprint density at radius 1 is 1.03 bits per heavy atom. The van der Waals surface area contributed by atoms with E-state index in [0.717, 1.165) is 27.7 Å². The fourth-order valence-electron chi connectivity index (χ4n) is 3.43. The van der Waals surface area contributed by atoms with E-state index in [0.29, 0.717) is 23.0 Å². The summed E-state index contributed by atoms with van der Waals surface area (Å²) in [4.78, 5) is 17.6. The van der Waals surface area contributed by atoms with E-state index in [-0.39, 0.29) is 18.6 Å². The van der Waals surface area contributed by atoms with Crippen molar-refractivity contribution in [3.63, 3.8) is 0 Å². The summed E-state index contributed by atoms with van der Waals surface area (Å²) in [6.07, 6.45) is 1.80. The van der Waals surface area contributed by atoms with Crippen LogP contribution in [0.4, 0.5) is 0 Å². The molecule has 172 valence electrons. The van der Waals surface area contributed by atoms with E-state index in [4.69, 9.17) is 16.3 Å². The molecule has 1 amide bonds. The Kier molecular flexibility index (Phi) is 7.58. The third-order valence-electron chi connectivity index (χ3n) is 5.29. The molecule has 0 saturated heterocycles. The summed E-state index contributed by atoms with van der Waals surface area (Å²) < 4.78 is 5.92. The number of amides is 1. The Morgan fingerprint density at radius 2 is 1.76 bits per heavy atom. The molecule has 0 aliphatic rings. The van der Waals surface area contributed by atoms with E-state index in [1.807, 2.05) is 72.8 Å². The molecular weight excluding hydrogens is 448 g/mol. The standard InChI is InChI=1S/C28H25ClN2O3/c1-19(17-32)30-28(33)26(16-20-6-11-23(29)12-7-20)21-9-14-25(15-10-21)34-18-24-13-8-22-4-2-3-5-27(22)31-24/h2-16,19,32H,17-18H2,1H3,(H,30,33)/b26-16+. The maximum absolute atomic E-state index is 12.9. The average Bonchev–Trinajstić information content (AvgIpc) is 2.87. The van der Waals surface area contributed by atoms with Gasteiger partial charge in [0.05, 0.1) is 17.8 Å². The summed E-state index contributed by atoms with van der Waals surface area (Å²) in [5, 5.41) is 13.9. The minimum atomic E-state index is -0.363. The van der Waals surface area contributed by atoms with Crippen LogP contribution in [0.15, 0.2) is 84.9 Å². The molecule has 34 heavy (non-hydrogen) atoms. The number of para-hydroxylation sites is 1. The number of pyridine rings is 1. The lowest BCUT2D eigenvalue weighted by Gasteiger charge is -2.14. The van der Waals surface area contributed by atoms with Crippen LogP contribution in [0.3, 0.4) is 0 Å². The van der Waals surface area contributed by atoms with Gasteiger partial charge in [0.15, 0.2) is 0 Å². The highest BCUT2D eigenvalue weighted by Crippen LogP contribution is 2.23. The fraction of sp³-hybridized carbons (Fsp3) is 0.143. The normalized spacial score (nSPS) is 12.4. The first-order valence-electron chi connectivity index (χ1n) is 11.0. The molecule has 0 spiro atoms. The molecule has 0 radical (unpaired) electrons. The van der Waals surface area contributed by atoms with Gasteiger partial charge in [0.25, 0.3) is 5.91 Å². The number of nitrogens with one attached hydrogen (secondary N) is 1. The summed E-state index contributed by atoms with van der Waals surface area (Å²) in [5.74, 6) is 0.402. The van der Waals surface area contributed by atoms with Crippen LogP contribution in [0.25, 0.3) is 22.6 Å². The second-order valence-corrected chi connectivity index (χ2v) is 8.41. The number of carbonyl (C=O) groups excluding carboxylic acids is 1. The van der Waals surface area contributed by atoms with Crippen LogP contribution in [-0.4, -0.2) is 28.6 Å². The van der Waals surface area contributed by atoms with E-state index >= 15 is 0 Å². The quantitative estimate of drug-likeness (QED) is 0.262. The zero-order valence-corrected chi connectivity index (χ0v) is 19.5. The van der Waals surface area contributed by atoms with Gasteiger partial charge < -0.3 is 15.2 Å². The van der Waals surface area contributed by atoms with Crippen molar-refractivity contribution in [1.29, 1.82) is 0 Å². The molecule has 1 heterocycles. The molecule has 0 saturated carbocycles. The van der Waals surface area contributed by atoms with E-state index in [2.05, 4.69) is 10.3 Å². The van der Waals surface area contributed by atoms with Gasteiger partial charge in [0.1, 0.15) is 12.4 Å². The monoisotopic (exact) mass is 472 g/mol. The number of nitrogens with zero attached hydrogens (tertiary/aromatic N) is 1. The first kappa shape index (κ1) is 23.5. The first-order chi connectivity index (χ1) is 16.5. The Labute approximate surface area is 203 Å². The molecule has 1 aromatic heterocycles. The van der Waals surface area contributed by atoms with Crippen LogP contribution in [0.5, 0.6) is 5.75 Å². The highest BCUT2D eigenvalue weighted by atomic mass is 35.5. The van der Waals surface area contributed by atoms with Gasteiger partial charge in [-0.15, -0.1) is 0 Å². The number of ether oxygens (including phenoxy) is 1. The molecule has 4 aromatic rings. The number of hydrogen-bond donors (Lipinski definition) is 2. The average molecular weight is 473 g/mol. The van der Waals surface area contributed by atoms with Crippen LogP contribution >= 0.6 is 11.6 Å². The number of aliphatic hydroxyl groups excluding tert-OH is 1. The van der Waals surface area contributed by atoms with Crippen molar-refractivity contribution in [3.8, 4) is 5.75 Å². The van der Waals surface area contributed by atoms with E-state index in [9.17, 15) is 9.90 Å². The first-order valence-corrected chi connectivity index (χ1v) is 11.4. The third kappa shape index (κ3) is 6.01. The number of halogens is 1. The predicted molar refractivity (Wildman–Crippen MR) is 137 cm³/mol. The zero-order valence-electron chi connectivity index (χ0n) is 18.7. The lowest BCUT2D eigenvalue weighted by molar-refractivity contribution is -0.116. The van der Waals surface area contributed by atoms with Crippen molar-refractivity contribution in [1.82, 2.24) is 10.3 Å². The van der Waals surface area contributed by atoms with E-state index in [1.54, 1.807) is 25.1 Å². The lowest BCUT2D eigenvalue weighted by atomic mass is 10.0. The molecule has 3 aromatic carbocycles. The second-order valence-electron chi connectivity index (χ2n) is 7.97. The minimum absolute atomic E-state index is 0.143. The smallest absolute Gasteiger partial charge is 0.252 e. The van der Waals surface area contributed by atoms with Gasteiger partial charge in [0.2, 0.25) is 0 Å². The van der Waals surface area contributed by atoms with Gasteiger partial charge in [-0.25, -0.2) is 4.98 Å².